The van der Waals surface area contributed by atoms with E-state index in [2.05, 4.69) is 6.58 Å². The zero-order chi connectivity index (χ0) is 17.2. The quantitative estimate of drug-likeness (QED) is 0.717. The summed E-state index contributed by atoms with van der Waals surface area (Å²) in [7, 11) is 0. The predicted octanol–water partition coefficient (Wildman–Crippen LogP) is 4.17. The van der Waals surface area contributed by atoms with Gasteiger partial charge in [-0.15, -0.1) is 0 Å². The Morgan fingerprint density at radius 2 is 1.38 bits per heavy atom. The molecule has 122 valence electrons. The molecule has 1 aliphatic rings. The third kappa shape index (κ3) is 3.35. The average Bonchev–Trinajstić information content (AvgIpc) is 3.39. The van der Waals surface area contributed by atoms with Crippen molar-refractivity contribution in [3.8, 4) is 0 Å². The number of rotatable bonds is 7. The summed E-state index contributed by atoms with van der Waals surface area (Å²) in [5.74, 6) is -0.394. The second-order valence-electron chi connectivity index (χ2n) is 6.35. The lowest BCUT2D eigenvalue weighted by Gasteiger charge is -2.13. The predicted molar refractivity (Wildman–Crippen MR) is 92.0 cm³/mol. The summed E-state index contributed by atoms with van der Waals surface area (Å²) in [6.07, 6.45) is 3.45. The number of Topliss-reactive ketones (excluding diaryl/α,β-unsaturated/α-hetero) is 2. The van der Waals surface area contributed by atoms with Gasteiger partial charge in [0.2, 0.25) is 0 Å². The fraction of sp³-hybridized carbons (Fsp3) is 0.238. The summed E-state index contributed by atoms with van der Waals surface area (Å²) in [6.45, 7) is 3.70. The van der Waals surface area contributed by atoms with Gasteiger partial charge in [-0.3, -0.25) is 9.59 Å². The SMILES string of the molecule is C=Cc1ccc(CC(=O)C2(C(=O)Cc3ccc(F)cc3)CC2)cc1. The van der Waals surface area contributed by atoms with Crippen molar-refractivity contribution in [3.63, 3.8) is 0 Å². The van der Waals surface area contributed by atoms with E-state index in [0.29, 0.717) is 12.8 Å². The van der Waals surface area contributed by atoms with Crippen LogP contribution in [0.25, 0.3) is 6.08 Å². The Labute approximate surface area is 141 Å². The van der Waals surface area contributed by atoms with Gasteiger partial charge in [0.1, 0.15) is 5.82 Å². The minimum atomic E-state index is -0.828. The molecule has 0 amide bonds. The molecule has 0 heterocycles. The summed E-state index contributed by atoms with van der Waals surface area (Å²) in [6, 6.07) is 13.5. The van der Waals surface area contributed by atoms with Crippen molar-refractivity contribution >= 4 is 17.6 Å². The van der Waals surface area contributed by atoms with Crippen LogP contribution in [-0.2, 0) is 22.4 Å². The Kier molecular flexibility index (Phi) is 4.43. The van der Waals surface area contributed by atoms with E-state index in [1.165, 1.54) is 12.1 Å². The lowest BCUT2D eigenvalue weighted by molar-refractivity contribution is -0.133. The summed E-state index contributed by atoms with van der Waals surface area (Å²) in [5, 5.41) is 0. The summed E-state index contributed by atoms with van der Waals surface area (Å²) < 4.78 is 12.9. The number of halogens is 1. The molecular formula is C21H19FO2. The van der Waals surface area contributed by atoms with Crippen LogP contribution < -0.4 is 0 Å². The molecule has 2 aromatic carbocycles. The first-order valence-corrected chi connectivity index (χ1v) is 8.06. The van der Waals surface area contributed by atoms with Crippen molar-refractivity contribution in [2.24, 2.45) is 5.41 Å². The molecule has 0 radical (unpaired) electrons. The van der Waals surface area contributed by atoms with Gasteiger partial charge in [0.15, 0.2) is 11.6 Å². The molecule has 0 aliphatic heterocycles. The molecule has 1 aliphatic carbocycles. The topological polar surface area (TPSA) is 34.1 Å². The highest BCUT2D eigenvalue weighted by molar-refractivity contribution is 6.10. The Balaban J connectivity index is 1.67. The van der Waals surface area contributed by atoms with E-state index in [-0.39, 0.29) is 30.2 Å². The molecule has 1 saturated carbocycles. The van der Waals surface area contributed by atoms with Gasteiger partial charge >= 0.3 is 0 Å². The molecule has 0 N–H and O–H groups in total. The average molecular weight is 322 g/mol. The standard InChI is InChI=1S/C21H19FO2/c1-2-15-3-5-16(6-4-15)13-19(23)21(11-12-21)20(24)14-17-7-9-18(22)10-8-17/h2-10H,1,11-14H2. The Morgan fingerprint density at radius 1 is 0.917 bits per heavy atom. The van der Waals surface area contributed by atoms with Gasteiger partial charge in [0.05, 0.1) is 5.41 Å². The van der Waals surface area contributed by atoms with E-state index in [1.54, 1.807) is 18.2 Å². The van der Waals surface area contributed by atoms with Crippen LogP contribution in [0.1, 0.15) is 29.5 Å². The second kappa shape index (κ2) is 6.52. The Hall–Kier alpha value is -2.55. The van der Waals surface area contributed by atoms with Crippen LogP contribution in [0.3, 0.4) is 0 Å². The molecule has 3 heteroatoms. The van der Waals surface area contributed by atoms with Gasteiger partial charge in [-0.1, -0.05) is 49.1 Å². The summed E-state index contributed by atoms with van der Waals surface area (Å²) in [5.41, 5.74) is 1.83. The number of carbonyl (C=O) groups excluding carboxylic acids is 2. The van der Waals surface area contributed by atoms with Gasteiger partial charge in [0, 0.05) is 12.8 Å². The third-order valence-electron chi connectivity index (χ3n) is 4.68. The molecule has 0 unspecified atom stereocenters. The molecular weight excluding hydrogens is 303 g/mol. The van der Waals surface area contributed by atoms with Crippen LogP contribution in [0.15, 0.2) is 55.1 Å². The number of carbonyl (C=O) groups is 2. The van der Waals surface area contributed by atoms with Gasteiger partial charge in [-0.25, -0.2) is 4.39 Å². The second-order valence-corrected chi connectivity index (χ2v) is 6.35. The Morgan fingerprint density at radius 3 is 1.79 bits per heavy atom. The molecule has 0 saturated heterocycles. The zero-order valence-corrected chi connectivity index (χ0v) is 13.4. The maximum absolute atomic E-state index is 12.9. The molecule has 1 fully saturated rings. The molecule has 2 nitrogen and oxygen atoms in total. The highest BCUT2D eigenvalue weighted by Gasteiger charge is 2.54. The van der Waals surface area contributed by atoms with Crippen LogP contribution >= 0.6 is 0 Å². The van der Waals surface area contributed by atoms with Crippen molar-refractivity contribution in [1.82, 2.24) is 0 Å². The smallest absolute Gasteiger partial charge is 0.150 e. The highest BCUT2D eigenvalue weighted by atomic mass is 19.1. The Bertz CT molecular complexity index is 768. The third-order valence-corrected chi connectivity index (χ3v) is 4.68. The zero-order valence-electron chi connectivity index (χ0n) is 13.4. The first kappa shape index (κ1) is 16.3. The van der Waals surface area contributed by atoms with Crippen LogP contribution in [0.5, 0.6) is 0 Å². The number of hydrogen-bond donors (Lipinski definition) is 0. The van der Waals surface area contributed by atoms with Crippen molar-refractivity contribution < 1.29 is 14.0 Å². The number of hydrogen-bond acceptors (Lipinski definition) is 2. The molecule has 0 atom stereocenters. The fourth-order valence-electron chi connectivity index (χ4n) is 2.92. The van der Waals surface area contributed by atoms with E-state index in [1.807, 2.05) is 24.3 Å². The molecule has 0 spiro atoms. The van der Waals surface area contributed by atoms with E-state index >= 15 is 0 Å². The highest BCUT2D eigenvalue weighted by Crippen LogP contribution is 2.48. The van der Waals surface area contributed by atoms with Crippen molar-refractivity contribution in [2.75, 3.05) is 0 Å². The minimum Gasteiger partial charge on any atom is -0.298 e. The number of ketones is 2. The maximum Gasteiger partial charge on any atom is 0.150 e. The van der Waals surface area contributed by atoms with Crippen molar-refractivity contribution in [3.05, 3.63) is 77.6 Å². The van der Waals surface area contributed by atoms with Crippen LogP contribution in [0.2, 0.25) is 0 Å². The van der Waals surface area contributed by atoms with E-state index in [0.717, 1.165) is 16.7 Å². The van der Waals surface area contributed by atoms with Crippen molar-refractivity contribution in [1.29, 1.82) is 0 Å². The minimum absolute atomic E-state index is 0.0130. The van der Waals surface area contributed by atoms with Gasteiger partial charge in [-0.2, -0.15) is 0 Å². The fourth-order valence-corrected chi connectivity index (χ4v) is 2.92. The van der Waals surface area contributed by atoms with Crippen molar-refractivity contribution in [2.45, 2.75) is 25.7 Å². The first-order valence-electron chi connectivity index (χ1n) is 8.06. The van der Waals surface area contributed by atoms with Gasteiger partial charge in [-0.05, 0) is 41.7 Å². The lowest BCUT2D eigenvalue weighted by Crippen LogP contribution is -2.28. The summed E-state index contributed by atoms with van der Waals surface area (Å²) >= 11 is 0. The molecule has 0 bridgehead atoms. The number of benzene rings is 2. The maximum atomic E-state index is 12.9. The van der Waals surface area contributed by atoms with E-state index in [9.17, 15) is 14.0 Å². The molecule has 24 heavy (non-hydrogen) atoms. The lowest BCUT2D eigenvalue weighted by atomic mass is 9.88. The van der Waals surface area contributed by atoms with Crippen LogP contribution in [-0.4, -0.2) is 11.6 Å². The summed E-state index contributed by atoms with van der Waals surface area (Å²) in [4.78, 5) is 25.2. The van der Waals surface area contributed by atoms with Crippen LogP contribution in [0, 0.1) is 11.2 Å². The monoisotopic (exact) mass is 322 g/mol. The van der Waals surface area contributed by atoms with E-state index in [4.69, 9.17) is 0 Å². The van der Waals surface area contributed by atoms with Crippen LogP contribution in [0.4, 0.5) is 4.39 Å². The normalized spacial score (nSPS) is 14.9. The molecule has 0 aromatic heterocycles. The first-order chi connectivity index (χ1) is 11.5. The van der Waals surface area contributed by atoms with E-state index < -0.39 is 5.41 Å². The molecule has 2 aromatic rings. The van der Waals surface area contributed by atoms with Gasteiger partial charge in [0.25, 0.3) is 0 Å². The van der Waals surface area contributed by atoms with Gasteiger partial charge < -0.3 is 0 Å². The molecule has 3 rings (SSSR count). The largest absolute Gasteiger partial charge is 0.298 e.